The third-order valence-corrected chi connectivity index (χ3v) is 5.43. The van der Waals surface area contributed by atoms with E-state index in [1.807, 2.05) is 12.1 Å². The van der Waals surface area contributed by atoms with Gasteiger partial charge in [0.1, 0.15) is 11.6 Å². The summed E-state index contributed by atoms with van der Waals surface area (Å²) in [5, 5.41) is 9.54. The highest BCUT2D eigenvalue weighted by Gasteiger charge is 2.39. The number of hydrogen-bond donors (Lipinski definition) is 0. The molecule has 28 heavy (non-hydrogen) atoms. The van der Waals surface area contributed by atoms with Crippen LogP contribution in [0.25, 0.3) is 6.08 Å². The van der Waals surface area contributed by atoms with Crippen molar-refractivity contribution < 1.29 is 19.1 Å². The molecule has 0 saturated heterocycles. The Morgan fingerprint density at radius 3 is 2.36 bits per heavy atom. The molecule has 2 aliphatic rings. The second kappa shape index (κ2) is 8.30. The molecule has 1 heterocycles. The molecule has 1 aliphatic heterocycles. The average Bonchev–Trinajstić information content (AvgIpc) is 2.72. The summed E-state index contributed by atoms with van der Waals surface area (Å²) < 4.78 is 10.6. The molecule has 1 aromatic rings. The van der Waals surface area contributed by atoms with Crippen molar-refractivity contribution in [3.63, 3.8) is 0 Å². The van der Waals surface area contributed by atoms with E-state index in [9.17, 15) is 14.9 Å². The lowest BCUT2D eigenvalue weighted by molar-refractivity contribution is -0.143. The Labute approximate surface area is 165 Å². The minimum absolute atomic E-state index is 0.0388. The van der Waals surface area contributed by atoms with Crippen LogP contribution >= 0.6 is 0 Å². The van der Waals surface area contributed by atoms with Crippen LogP contribution in [0.2, 0.25) is 0 Å². The van der Waals surface area contributed by atoms with Crippen molar-refractivity contribution in [1.82, 2.24) is 4.90 Å². The summed E-state index contributed by atoms with van der Waals surface area (Å²) in [6, 6.07) is 7.19. The number of methoxy groups -OCH3 is 2. The maximum atomic E-state index is 13.2. The second-order valence-corrected chi connectivity index (χ2v) is 7.06. The third-order valence-electron chi connectivity index (χ3n) is 5.43. The average molecular weight is 380 g/mol. The summed E-state index contributed by atoms with van der Waals surface area (Å²) >= 11 is 0. The summed E-state index contributed by atoms with van der Waals surface area (Å²) in [7, 11) is 3.10. The van der Waals surface area contributed by atoms with Crippen LogP contribution in [0.5, 0.6) is 11.5 Å². The quantitative estimate of drug-likeness (QED) is 0.589. The van der Waals surface area contributed by atoms with Gasteiger partial charge in [-0.1, -0.05) is 25.3 Å². The smallest absolute Gasteiger partial charge is 0.271 e. The summed E-state index contributed by atoms with van der Waals surface area (Å²) in [6.07, 6.45) is 6.38. The van der Waals surface area contributed by atoms with Crippen molar-refractivity contribution in [1.29, 1.82) is 5.26 Å². The van der Waals surface area contributed by atoms with Gasteiger partial charge in [-0.05, 0) is 49.1 Å². The molecule has 146 valence electrons. The largest absolute Gasteiger partial charge is 0.493 e. The number of hydrogen-bond acceptors (Lipinski definition) is 5. The van der Waals surface area contributed by atoms with Gasteiger partial charge < -0.3 is 9.47 Å². The van der Waals surface area contributed by atoms with Gasteiger partial charge in [-0.15, -0.1) is 0 Å². The number of nitriles is 1. The van der Waals surface area contributed by atoms with Gasteiger partial charge in [-0.3, -0.25) is 14.5 Å². The highest BCUT2D eigenvalue weighted by Crippen LogP contribution is 2.34. The minimum atomic E-state index is -0.471. The minimum Gasteiger partial charge on any atom is -0.493 e. The van der Waals surface area contributed by atoms with Gasteiger partial charge in [0, 0.05) is 11.6 Å². The van der Waals surface area contributed by atoms with Crippen LogP contribution in [0.1, 0.15) is 44.6 Å². The molecule has 1 aliphatic carbocycles. The summed E-state index contributed by atoms with van der Waals surface area (Å²) in [4.78, 5) is 27.3. The Kier molecular flexibility index (Phi) is 5.84. The van der Waals surface area contributed by atoms with Gasteiger partial charge in [0.25, 0.3) is 11.8 Å². The molecule has 1 aromatic carbocycles. The zero-order valence-corrected chi connectivity index (χ0v) is 16.4. The van der Waals surface area contributed by atoms with Gasteiger partial charge >= 0.3 is 0 Å². The van der Waals surface area contributed by atoms with Crippen molar-refractivity contribution in [2.75, 3.05) is 14.2 Å². The standard InChI is InChI=1S/C22H24N2O4/c1-14-17(11-15-9-10-19(27-2)20(12-15)28-3)21(25)24(22(26)18(14)13-23)16-7-5-4-6-8-16/h9-12,16H,4-8H2,1-3H3/b17-11+. The van der Waals surface area contributed by atoms with Gasteiger partial charge in [0.2, 0.25) is 0 Å². The predicted molar refractivity (Wildman–Crippen MR) is 105 cm³/mol. The lowest BCUT2D eigenvalue weighted by Gasteiger charge is -2.36. The van der Waals surface area contributed by atoms with E-state index in [1.165, 1.54) is 4.90 Å². The fourth-order valence-electron chi connectivity index (χ4n) is 3.88. The van der Waals surface area contributed by atoms with E-state index in [1.54, 1.807) is 39.4 Å². The molecule has 2 amide bonds. The first-order valence-corrected chi connectivity index (χ1v) is 9.44. The molecule has 0 unspecified atom stereocenters. The molecular weight excluding hydrogens is 356 g/mol. The van der Waals surface area contributed by atoms with Gasteiger partial charge in [0.15, 0.2) is 11.5 Å². The number of amides is 2. The number of rotatable bonds is 4. The van der Waals surface area contributed by atoms with Crippen LogP contribution in [-0.4, -0.2) is 37.0 Å². The molecule has 0 atom stereocenters. The van der Waals surface area contributed by atoms with Crippen LogP contribution in [0.4, 0.5) is 0 Å². The Morgan fingerprint density at radius 2 is 1.75 bits per heavy atom. The normalized spacial score (nSPS) is 19.8. The summed E-state index contributed by atoms with van der Waals surface area (Å²) in [5.41, 5.74) is 1.56. The number of imide groups is 1. The number of carbonyl (C=O) groups is 2. The molecule has 0 radical (unpaired) electrons. The highest BCUT2D eigenvalue weighted by atomic mass is 16.5. The number of benzene rings is 1. The van der Waals surface area contributed by atoms with Crippen molar-refractivity contribution in [3.05, 3.63) is 40.5 Å². The van der Waals surface area contributed by atoms with Crippen LogP contribution in [0.15, 0.2) is 34.9 Å². The molecule has 0 spiro atoms. The first kappa shape index (κ1) is 19.7. The molecule has 1 fully saturated rings. The van der Waals surface area contributed by atoms with E-state index in [0.29, 0.717) is 22.6 Å². The maximum Gasteiger partial charge on any atom is 0.271 e. The van der Waals surface area contributed by atoms with Gasteiger partial charge in [-0.25, -0.2) is 0 Å². The van der Waals surface area contributed by atoms with E-state index in [-0.39, 0.29) is 17.5 Å². The van der Waals surface area contributed by atoms with E-state index >= 15 is 0 Å². The van der Waals surface area contributed by atoms with E-state index in [0.717, 1.165) is 37.7 Å². The molecule has 6 heteroatoms. The first-order chi connectivity index (χ1) is 13.5. The third kappa shape index (κ3) is 3.53. The van der Waals surface area contributed by atoms with Crippen LogP contribution < -0.4 is 9.47 Å². The van der Waals surface area contributed by atoms with Crippen molar-refractivity contribution in [2.45, 2.75) is 45.1 Å². The lowest BCUT2D eigenvalue weighted by Crippen LogP contribution is -2.49. The zero-order chi connectivity index (χ0) is 20.3. The SMILES string of the molecule is COc1ccc(/C=C2/C(=O)N(C3CCCCC3)C(=O)C(C#N)=C2C)cc1OC. The fourth-order valence-corrected chi connectivity index (χ4v) is 3.88. The van der Waals surface area contributed by atoms with Crippen LogP contribution in [0.3, 0.4) is 0 Å². The molecule has 0 N–H and O–H groups in total. The Morgan fingerprint density at radius 1 is 1.07 bits per heavy atom. The predicted octanol–water partition coefficient (Wildman–Crippen LogP) is 3.63. The highest BCUT2D eigenvalue weighted by molar-refractivity contribution is 6.19. The molecule has 0 aromatic heterocycles. The lowest BCUT2D eigenvalue weighted by atomic mass is 9.88. The zero-order valence-electron chi connectivity index (χ0n) is 16.4. The Balaban J connectivity index is 2.06. The van der Waals surface area contributed by atoms with Crippen LogP contribution in [-0.2, 0) is 9.59 Å². The molecule has 1 saturated carbocycles. The number of ether oxygens (including phenoxy) is 2. The first-order valence-electron chi connectivity index (χ1n) is 9.44. The van der Waals surface area contributed by atoms with Crippen LogP contribution in [0, 0.1) is 11.3 Å². The van der Waals surface area contributed by atoms with E-state index < -0.39 is 5.91 Å². The molecular formula is C22H24N2O4. The Hall–Kier alpha value is -3.07. The molecule has 6 nitrogen and oxygen atoms in total. The molecule has 3 rings (SSSR count). The second-order valence-electron chi connectivity index (χ2n) is 7.06. The van der Waals surface area contributed by atoms with Crippen molar-refractivity contribution >= 4 is 17.9 Å². The maximum absolute atomic E-state index is 13.2. The summed E-state index contributed by atoms with van der Waals surface area (Å²) in [5.74, 6) is 0.329. The Bertz CT molecular complexity index is 902. The van der Waals surface area contributed by atoms with Crippen molar-refractivity contribution in [2.24, 2.45) is 0 Å². The van der Waals surface area contributed by atoms with E-state index in [2.05, 4.69) is 0 Å². The van der Waals surface area contributed by atoms with Gasteiger partial charge in [0.05, 0.1) is 14.2 Å². The number of nitrogens with zero attached hydrogens (tertiary/aromatic N) is 2. The van der Waals surface area contributed by atoms with E-state index in [4.69, 9.17) is 9.47 Å². The van der Waals surface area contributed by atoms with Gasteiger partial charge in [-0.2, -0.15) is 5.26 Å². The topological polar surface area (TPSA) is 79.6 Å². The monoisotopic (exact) mass is 380 g/mol. The number of carbonyl (C=O) groups excluding carboxylic acids is 2. The van der Waals surface area contributed by atoms with Crippen molar-refractivity contribution in [3.8, 4) is 17.6 Å². The summed E-state index contributed by atoms with van der Waals surface area (Å²) in [6.45, 7) is 1.65. The molecule has 0 bridgehead atoms. The fraction of sp³-hybridized carbons (Fsp3) is 0.409.